The molecule has 1 aliphatic heterocycles. The molecular formula is C21H27BrN4O2. The van der Waals surface area contributed by atoms with Crippen molar-refractivity contribution in [1.29, 1.82) is 0 Å². The van der Waals surface area contributed by atoms with E-state index >= 15 is 0 Å². The van der Waals surface area contributed by atoms with Gasteiger partial charge in [0.1, 0.15) is 0 Å². The van der Waals surface area contributed by atoms with Gasteiger partial charge in [-0.05, 0) is 40.5 Å². The molecule has 1 saturated heterocycles. The van der Waals surface area contributed by atoms with Gasteiger partial charge in [0.05, 0.1) is 19.9 Å². The average molecular weight is 447 g/mol. The molecule has 6 nitrogen and oxygen atoms in total. The Balaban J connectivity index is 1.58. The molecule has 1 atom stereocenters. The molecule has 150 valence electrons. The monoisotopic (exact) mass is 446 g/mol. The van der Waals surface area contributed by atoms with Gasteiger partial charge in [-0.25, -0.2) is 0 Å². The number of guanidine groups is 1. The van der Waals surface area contributed by atoms with Crippen LogP contribution in [-0.2, 0) is 6.54 Å². The van der Waals surface area contributed by atoms with Gasteiger partial charge < -0.3 is 25.0 Å². The zero-order valence-electron chi connectivity index (χ0n) is 16.5. The van der Waals surface area contributed by atoms with Gasteiger partial charge in [-0.2, -0.15) is 0 Å². The summed E-state index contributed by atoms with van der Waals surface area (Å²) in [5.74, 6) is 2.25. The summed E-state index contributed by atoms with van der Waals surface area (Å²) in [5, 5.41) is 6.91. The highest BCUT2D eigenvalue weighted by Crippen LogP contribution is 2.31. The van der Waals surface area contributed by atoms with Crippen molar-refractivity contribution in [3.05, 3.63) is 52.5 Å². The van der Waals surface area contributed by atoms with Crippen LogP contribution in [0.1, 0.15) is 12.0 Å². The molecule has 0 aliphatic carbocycles. The molecule has 2 N–H and O–H groups in total. The molecule has 1 fully saturated rings. The van der Waals surface area contributed by atoms with Crippen LogP contribution in [0.5, 0.6) is 11.5 Å². The lowest BCUT2D eigenvalue weighted by Crippen LogP contribution is -2.44. The van der Waals surface area contributed by atoms with Crippen LogP contribution in [-0.4, -0.2) is 46.4 Å². The van der Waals surface area contributed by atoms with E-state index in [9.17, 15) is 0 Å². The number of rotatable bonds is 6. The van der Waals surface area contributed by atoms with Crippen molar-refractivity contribution in [3.63, 3.8) is 0 Å². The first-order valence-corrected chi connectivity index (χ1v) is 10.1. The number of anilines is 1. The Morgan fingerprint density at radius 2 is 2.00 bits per heavy atom. The Hall–Kier alpha value is -2.41. The normalized spacial score (nSPS) is 16.8. The topological polar surface area (TPSA) is 58.1 Å². The highest BCUT2D eigenvalue weighted by molar-refractivity contribution is 9.10. The molecule has 1 heterocycles. The lowest BCUT2D eigenvalue weighted by molar-refractivity contribution is 0.351. The fraction of sp³-hybridized carbons (Fsp3) is 0.381. The second-order valence-corrected chi connectivity index (χ2v) is 7.46. The number of methoxy groups -OCH3 is 2. The molecule has 28 heavy (non-hydrogen) atoms. The largest absolute Gasteiger partial charge is 0.493 e. The summed E-state index contributed by atoms with van der Waals surface area (Å²) < 4.78 is 12.0. The minimum atomic E-state index is 0.338. The maximum Gasteiger partial charge on any atom is 0.191 e. The number of hydrogen-bond donors (Lipinski definition) is 2. The average Bonchev–Trinajstić information content (AvgIpc) is 3.19. The molecule has 7 heteroatoms. The van der Waals surface area contributed by atoms with Crippen molar-refractivity contribution in [2.45, 2.75) is 19.0 Å². The molecule has 1 unspecified atom stereocenters. The number of aliphatic imine (C=N–C) groups is 1. The third-order valence-corrected chi connectivity index (χ3v) is 5.55. The molecule has 0 spiro atoms. The molecule has 0 amide bonds. The number of ether oxygens (including phenoxy) is 2. The maximum absolute atomic E-state index is 5.50. The third kappa shape index (κ3) is 4.70. The summed E-state index contributed by atoms with van der Waals surface area (Å²) >= 11 is 3.65. The lowest BCUT2D eigenvalue weighted by atomic mass is 10.2. The predicted octanol–water partition coefficient (Wildman–Crippen LogP) is 3.41. The number of nitrogens with one attached hydrogen (secondary N) is 2. The molecule has 0 saturated carbocycles. The van der Waals surface area contributed by atoms with Crippen molar-refractivity contribution in [3.8, 4) is 11.5 Å². The summed E-state index contributed by atoms with van der Waals surface area (Å²) in [6.07, 6.45) is 1.06. The molecule has 0 bridgehead atoms. The fourth-order valence-electron chi connectivity index (χ4n) is 3.46. The van der Waals surface area contributed by atoms with E-state index in [0.717, 1.165) is 47.0 Å². The highest BCUT2D eigenvalue weighted by Gasteiger charge is 2.24. The van der Waals surface area contributed by atoms with Crippen LogP contribution in [0.3, 0.4) is 0 Å². The summed E-state index contributed by atoms with van der Waals surface area (Å²) in [6.45, 7) is 2.55. The first kappa shape index (κ1) is 20.3. The second-order valence-electron chi connectivity index (χ2n) is 6.61. The first-order chi connectivity index (χ1) is 13.7. The quantitative estimate of drug-likeness (QED) is 0.525. The van der Waals surface area contributed by atoms with Crippen LogP contribution in [0.15, 0.2) is 51.9 Å². The third-order valence-electron chi connectivity index (χ3n) is 4.88. The SMILES string of the molecule is CN=C(NCc1cccc(OC)c1OC)NC1CCN(c2ccccc2Br)C1. The van der Waals surface area contributed by atoms with Gasteiger partial charge in [0.15, 0.2) is 17.5 Å². The first-order valence-electron chi connectivity index (χ1n) is 9.32. The van der Waals surface area contributed by atoms with Crippen molar-refractivity contribution in [2.24, 2.45) is 4.99 Å². The van der Waals surface area contributed by atoms with E-state index < -0.39 is 0 Å². The zero-order valence-corrected chi connectivity index (χ0v) is 18.1. The van der Waals surface area contributed by atoms with Crippen LogP contribution in [0, 0.1) is 0 Å². The number of benzene rings is 2. The Kier molecular flexibility index (Phi) is 7.03. The van der Waals surface area contributed by atoms with Gasteiger partial charge in [0.25, 0.3) is 0 Å². The number of para-hydroxylation sites is 2. The van der Waals surface area contributed by atoms with Crippen molar-refractivity contribution in [2.75, 3.05) is 39.3 Å². The maximum atomic E-state index is 5.50. The smallest absolute Gasteiger partial charge is 0.191 e. The van der Waals surface area contributed by atoms with Crippen LogP contribution in [0.4, 0.5) is 5.69 Å². The molecule has 0 aromatic heterocycles. The predicted molar refractivity (Wildman–Crippen MR) is 118 cm³/mol. The summed E-state index contributed by atoms with van der Waals surface area (Å²) in [5.41, 5.74) is 2.25. The zero-order chi connectivity index (χ0) is 19.9. The molecule has 1 aliphatic rings. The number of halogens is 1. The van der Waals surface area contributed by atoms with Crippen molar-refractivity contribution in [1.82, 2.24) is 10.6 Å². The van der Waals surface area contributed by atoms with E-state index in [4.69, 9.17) is 9.47 Å². The second kappa shape index (κ2) is 9.68. The van der Waals surface area contributed by atoms with Gasteiger partial charge in [0, 0.05) is 42.8 Å². The fourth-order valence-corrected chi connectivity index (χ4v) is 4.00. The van der Waals surface area contributed by atoms with E-state index in [1.807, 2.05) is 24.3 Å². The minimum absolute atomic E-state index is 0.338. The Morgan fingerprint density at radius 3 is 2.71 bits per heavy atom. The Bertz CT molecular complexity index is 828. The molecular weight excluding hydrogens is 420 g/mol. The number of hydrogen-bond acceptors (Lipinski definition) is 4. The molecule has 0 radical (unpaired) electrons. The van der Waals surface area contributed by atoms with Gasteiger partial charge in [-0.15, -0.1) is 0 Å². The molecule has 3 rings (SSSR count). The lowest BCUT2D eigenvalue weighted by Gasteiger charge is -2.21. The number of nitrogens with zero attached hydrogens (tertiary/aromatic N) is 2. The van der Waals surface area contributed by atoms with Crippen molar-refractivity contribution < 1.29 is 9.47 Å². The van der Waals surface area contributed by atoms with Crippen LogP contribution < -0.4 is 25.0 Å². The van der Waals surface area contributed by atoms with Crippen LogP contribution in [0.2, 0.25) is 0 Å². The highest BCUT2D eigenvalue weighted by atomic mass is 79.9. The Morgan fingerprint density at radius 1 is 1.18 bits per heavy atom. The Labute approximate surface area is 175 Å². The van der Waals surface area contributed by atoms with Gasteiger partial charge >= 0.3 is 0 Å². The van der Waals surface area contributed by atoms with Gasteiger partial charge in [-0.1, -0.05) is 24.3 Å². The van der Waals surface area contributed by atoms with E-state index in [0.29, 0.717) is 12.6 Å². The summed E-state index contributed by atoms with van der Waals surface area (Å²) in [6, 6.07) is 14.6. The van der Waals surface area contributed by atoms with Crippen LogP contribution >= 0.6 is 15.9 Å². The standard InChI is InChI=1S/C21H27BrN4O2/c1-23-21(24-13-15-7-6-10-19(27-2)20(15)28-3)25-16-11-12-26(14-16)18-9-5-4-8-17(18)22/h4-10,16H,11-14H2,1-3H3,(H2,23,24,25). The van der Waals surface area contributed by atoms with E-state index in [-0.39, 0.29) is 0 Å². The summed E-state index contributed by atoms with van der Waals surface area (Å²) in [4.78, 5) is 6.76. The van der Waals surface area contributed by atoms with E-state index in [1.54, 1.807) is 21.3 Å². The van der Waals surface area contributed by atoms with Crippen LogP contribution in [0.25, 0.3) is 0 Å². The van der Waals surface area contributed by atoms with E-state index in [1.165, 1.54) is 5.69 Å². The van der Waals surface area contributed by atoms with Gasteiger partial charge in [-0.3, -0.25) is 4.99 Å². The van der Waals surface area contributed by atoms with Crippen molar-refractivity contribution >= 4 is 27.6 Å². The molecule has 2 aromatic carbocycles. The van der Waals surface area contributed by atoms with E-state index in [2.05, 4.69) is 54.7 Å². The van der Waals surface area contributed by atoms with Gasteiger partial charge in [0.2, 0.25) is 0 Å². The minimum Gasteiger partial charge on any atom is -0.493 e. The molecule has 2 aromatic rings. The summed E-state index contributed by atoms with van der Waals surface area (Å²) in [7, 11) is 5.09.